The van der Waals surface area contributed by atoms with Crippen LogP contribution in [0.1, 0.15) is 32.4 Å². The van der Waals surface area contributed by atoms with Crippen LogP contribution < -0.4 is 20.1 Å². The van der Waals surface area contributed by atoms with Gasteiger partial charge in [-0.25, -0.2) is 4.79 Å². The van der Waals surface area contributed by atoms with E-state index in [-0.39, 0.29) is 11.5 Å². The van der Waals surface area contributed by atoms with Crippen molar-refractivity contribution in [3.05, 3.63) is 53.1 Å². The van der Waals surface area contributed by atoms with Crippen LogP contribution in [0, 0.1) is 0 Å². The van der Waals surface area contributed by atoms with Crippen LogP contribution in [-0.4, -0.2) is 31.2 Å². The number of hydrogen-bond donors (Lipinski definition) is 3. The zero-order valence-electron chi connectivity index (χ0n) is 13.1. The largest absolute Gasteiger partial charge is 0.493 e. The Morgan fingerprint density at radius 2 is 1.67 bits per heavy atom. The SMILES string of the molecule is COc1cc2c(cc1OC)C(=O)N[C@H](c1ccc(C(=O)O)cc1)N2. The van der Waals surface area contributed by atoms with Gasteiger partial charge in [-0.15, -0.1) is 0 Å². The van der Waals surface area contributed by atoms with E-state index in [1.807, 2.05) is 0 Å². The monoisotopic (exact) mass is 328 g/mol. The van der Waals surface area contributed by atoms with Crippen LogP contribution in [0.3, 0.4) is 0 Å². The van der Waals surface area contributed by atoms with Gasteiger partial charge in [0.25, 0.3) is 5.91 Å². The Bertz CT molecular complexity index is 801. The first kappa shape index (κ1) is 15.7. The van der Waals surface area contributed by atoms with E-state index in [0.29, 0.717) is 22.7 Å². The quantitative estimate of drug-likeness (QED) is 0.796. The molecule has 0 unspecified atom stereocenters. The molecule has 3 rings (SSSR count). The lowest BCUT2D eigenvalue weighted by molar-refractivity contribution is 0.0696. The van der Waals surface area contributed by atoms with Crippen molar-refractivity contribution in [1.82, 2.24) is 5.32 Å². The second-order valence-electron chi connectivity index (χ2n) is 5.23. The molecule has 1 heterocycles. The molecule has 7 nitrogen and oxygen atoms in total. The number of rotatable bonds is 4. The van der Waals surface area contributed by atoms with E-state index in [4.69, 9.17) is 14.6 Å². The van der Waals surface area contributed by atoms with Crippen molar-refractivity contribution in [2.75, 3.05) is 19.5 Å². The topological polar surface area (TPSA) is 96.9 Å². The summed E-state index contributed by atoms with van der Waals surface area (Å²) < 4.78 is 10.5. The normalized spacial score (nSPS) is 15.8. The molecule has 0 aliphatic carbocycles. The number of carbonyl (C=O) groups is 2. The number of methoxy groups -OCH3 is 2. The number of aromatic carboxylic acids is 1. The van der Waals surface area contributed by atoms with Crippen molar-refractivity contribution in [3.8, 4) is 11.5 Å². The molecule has 0 radical (unpaired) electrons. The van der Waals surface area contributed by atoms with E-state index in [1.54, 1.807) is 24.3 Å². The number of carbonyl (C=O) groups excluding carboxylic acids is 1. The standard InChI is InChI=1S/C17H16N2O5/c1-23-13-7-11-12(8-14(13)24-2)18-15(19-16(11)20)9-3-5-10(6-4-9)17(21)22/h3-8,15,18H,1-2H3,(H,19,20)(H,21,22)/t15-/m1/s1. The molecule has 0 bridgehead atoms. The molecule has 0 aromatic heterocycles. The maximum atomic E-state index is 12.4. The minimum Gasteiger partial charge on any atom is -0.493 e. The molecule has 0 fully saturated rings. The van der Waals surface area contributed by atoms with Crippen molar-refractivity contribution in [2.45, 2.75) is 6.17 Å². The summed E-state index contributed by atoms with van der Waals surface area (Å²) in [6.07, 6.45) is -0.467. The molecule has 3 N–H and O–H groups in total. The Kier molecular flexibility index (Phi) is 3.99. The van der Waals surface area contributed by atoms with Crippen molar-refractivity contribution in [2.24, 2.45) is 0 Å². The molecule has 2 aromatic rings. The molecule has 1 atom stereocenters. The fourth-order valence-electron chi connectivity index (χ4n) is 2.57. The molecule has 124 valence electrons. The second-order valence-corrected chi connectivity index (χ2v) is 5.23. The highest BCUT2D eigenvalue weighted by Gasteiger charge is 2.26. The highest BCUT2D eigenvalue weighted by molar-refractivity contribution is 6.02. The molecular formula is C17H16N2O5. The number of ether oxygens (including phenoxy) is 2. The fourth-order valence-corrected chi connectivity index (χ4v) is 2.57. The van der Waals surface area contributed by atoms with Gasteiger partial charge in [-0.05, 0) is 23.8 Å². The number of fused-ring (bicyclic) bond motifs is 1. The maximum absolute atomic E-state index is 12.4. The highest BCUT2D eigenvalue weighted by atomic mass is 16.5. The first-order chi connectivity index (χ1) is 11.5. The third-order valence-electron chi connectivity index (χ3n) is 3.83. The summed E-state index contributed by atoms with van der Waals surface area (Å²) in [7, 11) is 3.03. The van der Waals surface area contributed by atoms with Gasteiger partial charge >= 0.3 is 5.97 Å². The summed E-state index contributed by atoms with van der Waals surface area (Å²) in [6, 6.07) is 9.62. The molecule has 0 saturated carbocycles. The zero-order chi connectivity index (χ0) is 17.3. The Morgan fingerprint density at radius 1 is 1.04 bits per heavy atom. The van der Waals surface area contributed by atoms with Crippen LogP contribution in [0.15, 0.2) is 36.4 Å². The van der Waals surface area contributed by atoms with Gasteiger partial charge in [0.2, 0.25) is 0 Å². The van der Waals surface area contributed by atoms with Gasteiger partial charge in [0.15, 0.2) is 11.5 Å². The average molecular weight is 328 g/mol. The number of nitrogens with one attached hydrogen (secondary N) is 2. The van der Waals surface area contributed by atoms with Gasteiger partial charge in [0.1, 0.15) is 6.17 Å². The molecule has 24 heavy (non-hydrogen) atoms. The summed E-state index contributed by atoms with van der Waals surface area (Å²) in [6.45, 7) is 0. The highest BCUT2D eigenvalue weighted by Crippen LogP contribution is 2.36. The van der Waals surface area contributed by atoms with E-state index in [9.17, 15) is 9.59 Å². The van der Waals surface area contributed by atoms with E-state index in [2.05, 4.69) is 10.6 Å². The minimum atomic E-state index is -0.996. The summed E-state index contributed by atoms with van der Waals surface area (Å²) in [5.41, 5.74) is 2.00. The number of benzene rings is 2. The summed E-state index contributed by atoms with van der Waals surface area (Å²) in [5.74, 6) is -0.266. The Labute approximate surface area is 138 Å². The molecule has 1 aliphatic heterocycles. The van der Waals surface area contributed by atoms with Gasteiger partial charge in [-0.3, -0.25) is 4.79 Å². The average Bonchev–Trinajstić information content (AvgIpc) is 2.60. The van der Waals surface area contributed by atoms with Gasteiger partial charge in [-0.2, -0.15) is 0 Å². The molecule has 1 amide bonds. The molecule has 7 heteroatoms. The zero-order valence-corrected chi connectivity index (χ0v) is 13.1. The van der Waals surface area contributed by atoms with Crippen LogP contribution >= 0.6 is 0 Å². The summed E-state index contributed by atoms with van der Waals surface area (Å²) in [5, 5.41) is 15.0. The van der Waals surface area contributed by atoms with Gasteiger partial charge < -0.3 is 25.2 Å². The van der Waals surface area contributed by atoms with E-state index in [1.165, 1.54) is 26.4 Å². The lowest BCUT2D eigenvalue weighted by Gasteiger charge is -2.29. The van der Waals surface area contributed by atoms with Crippen LogP contribution in [0.2, 0.25) is 0 Å². The predicted molar refractivity (Wildman–Crippen MR) is 86.8 cm³/mol. The number of amides is 1. The Hall–Kier alpha value is -3.22. The molecular weight excluding hydrogens is 312 g/mol. The smallest absolute Gasteiger partial charge is 0.335 e. The van der Waals surface area contributed by atoms with Crippen molar-refractivity contribution < 1.29 is 24.2 Å². The van der Waals surface area contributed by atoms with Crippen LogP contribution in [-0.2, 0) is 0 Å². The van der Waals surface area contributed by atoms with Crippen molar-refractivity contribution >= 4 is 17.6 Å². The van der Waals surface area contributed by atoms with E-state index in [0.717, 1.165) is 5.56 Å². The number of anilines is 1. The number of carboxylic acids is 1. The first-order valence-electron chi connectivity index (χ1n) is 7.20. The first-order valence-corrected chi connectivity index (χ1v) is 7.20. The third kappa shape index (κ3) is 2.71. The van der Waals surface area contributed by atoms with E-state index >= 15 is 0 Å². The Morgan fingerprint density at radius 3 is 2.25 bits per heavy atom. The van der Waals surface area contributed by atoms with Gasteiger partial charge in [0.05, 0.1) is 31.0 Å². The fraction of sp³-hybridized carbons (Fsp3) is 0.176. The minimum absolute atomic E-state index is 0.188. The van der Waals surface area contributed by atoms with Crippen LogP contribution in [0.5, 0.6) is 11.5 Å². The van der Waals surface area contributed by atoms with E-state index < -0.39 is 12.1 Å². The molecule has 0 saturated heterocycles. The number of hydrogen-bond acceptors (Lipinski definition) is 5. The third-order valence-corrected chi connectivity index (χ3v) is 3.83. The van der Waals surface area contributed by atoms with Crippen LogP contribution in [0.25, 0.3) is 0 Å². The van der Waals surface area contributed by atoms with Gasteiger partial charge in [0, 0.05) is 6.07 Å². The summed E-state index contributed by atoms with van der Waals surface area (Å²) in [4.78, 5) is 23.3. The van der Waals surface area contributed by atoms with Gasteiger partial charge in [-0.1, -0.05) is 12.1 Å². The second kappa shape index (κ2) is 6.11. The number of carboxylic acid groups (broad SMARTS) is 1. The molecule has 1 aliphatic rings. The predicted octanol–water partition coefficient (Wildman–Crippen LogP) is 2.26. The summed E-state index contributed by atoms with van der Waals surface area (Å²) >= 11 is 0. The maximum Gasteiger partial charge on any atom is 0.335 e. The van der Waals surface area contributed by atoms with Crippen LogP contribution in [0.4, 0.5) is 5.69 Å². The molecule has 0 spiro atoms. The van der Waals surface area contributed by atoms with Crippen molar-refractivity contribution in [1.29, 1.82) is 0 Å². The lowest BCUT2D eigenvalue weighted by atomic mass is 10.0. The molecule has 2 aromatic carbocycles. The lowest BCUT2D eigenvalue weighted by Crippen LogP contribution is -2.38. The van der Waals surface area contributed by atoms with Crippen molar-refractivity contribution in [3.63, 3.8) is 0 Å². The Balaban J connectivity index is 1.93.